The Bertz CT molecular complexity index is 626. The van der Waals surface area contributed by atoms with Gasteiger partial charge in [0.25, 0.3) is 0 Å². The van der Waals surface area contributed by atoms with Crippen molar-refractivity contribution in [3.05, 3.63) is 0 Å². The first-order chi connectivity index (χ1) is 19.0. The Morgan fingerprint density at radius 2 is 1.13 bits per heavy atom. The maximum absolute atomic E-state index is 11.8. The van der Waals surface area contributed by atoms with Crippen molar-refractivity contribution in [1.29, 1.82) is 0 Å². The van der Waals surface area contributed by atoms with E-state index in [1.165, 1.54) is 116 Å². The van der Waals surface area contributed by atoms with Crippen molar-refractivity contribution in [3.8, 4) is 0 Å². The number of carbonyl (C=O) groups excluding carboxylic acids is 3. The van der Waals surface area contributed by atoms with Crippen LogP contribution in [-0.4, -0.2) is 48.3 Å². The fourth-order valence-corrected chi connectivity index (χ4v) is 5.08. The summed E-state index contributed by atoms with van der Waals surface area (Å²) < 4.78 is 10.1. The number of nitrogens with one attached hydrogen (secondary N) is 1. The van der Waals surface area contributed by atoms with Crippen LogP contribution < -0.4 is 5.32 Å². The van der Waals surface area contributed by atoms with Crippen molar-refractivity contribution in [2.75, 3.05) is 13.2 Å². The summed E-state index contributed by atoms with van der Waals surface area (Å²) in [7, 11) is 0. The highest BCUT2D eigenvalue weighted by Gasteiger charge is 2.28. The third kappa shape index (κ3) is 21.8. The van der Waals surface area contributed by atoms with Crippen LogP contribution in [0.4, 0.5) is 0 Å². The molecule has 0 aromatic carbocycles. The largest absolute Gasteiger partial charge is 0.463 e. The minimum absolute atomic E-state index is 0.174. The molecule has 0 aromatic rings. The predicted molar refractivity (Wildman–Crippen MR) is 156 cm³/mol. The maximum atomic E-state index is 11.8. The highest BCUT2D eigenvalue weighted by molar-refractivity contribution is 5.88. The van der Waals surface area contributed by atoms with E-state index in [-0.39, 0.29) is 25.1 Å². The summed E-state index contributed by atoms with van der Waals surface area (Å²) in [4.78, 5) is 34.8. The lowest BCUT2D eigenvalue weighted by Crippen LogP contribution is -2.36. The summed E-state index contributed by atoms with van der Waals surface area (Å²) in [5.41, 5.74) is 0. The summed E-state index contributed by atoms with van der Waals surface area (Å²) >= 11 is 0. The van der Waals surface area contributed by atoms with Gasteiger partial charge in [-0.3, -0.25) is 9.59 Å². The van der Waals surface area contributed by atoms with Gasteiger partial charge in [-0.15, -0.1) is 0 Å². The number of ether oxygens (including phenoxy) is 2. The average Bonchev–Trinajstić information content (AvgIpc) is 3.37. The minimum atomic E-state index is -1.06. The lowest BCUT2D eigenvalue weighted by atomic mass is 10.0. The van der Waals surface area contributed by atoms with Crippen LogP contribution in [0.1, 0.15) is 161 Å². The summed E-state index contributed by atoms with van der Waals surface area (Å²) in [6.07, 6.45) is 27.9. The van der Waals surface area contributed by atoms with Crippen LogP contribution in [0.3, 0.4) is 0 Å². The first kappa shape index (κ1) is 35.4. The van der Waals surface area contributed by atoms with Crippen LogP contribution in [0.15, 0.2) is 0 Å². The van der Waals surface area contributed by atoms with Crippen molar-refractivity contribution in [2.45, 2.75) is 173 Å². The summed E-state index contributed by atoms with van der Waals surface area (Å²) in [6.45, 7) is 1.83. The molecule has 0 aromatic heterocycles. The molecule has 0 spiro atoms. The fraction of sp³-hybridized carbons (Fsp3) is 0.906. The first-order valence-electron chi connectivity index (χ1n) is 16.3. The number of rotatable bonds is 27. The highest BCUT2D eigenvalue weighted by Crippen LogP contribution is 2.15. The molecule has 1 amide bonds. The average molecular weight is 554 g/mol. The zero-order valence-corrected chi connectivity index (χ0v) is 25.0. The van der Waals surface area contributed by atoms with Gasteiger partial charge in [0, 0.05) is 12.8 Å². The van der Waals surface area contributed by atoms with E-state index in [1.54, 1.807) is 0 Å². The Balaban J connectivity index is 1.76. The van der Waals surface area contributed by atoms with Crippen LogP contribution in [0, 0.1) is 0 Å². The molecule has 1 aliphatic heterocycles. The normalized spacial score (nSPS) is 15.7. The Hall–Kier alpha value is -1.63. The minimum Gasteiger partial charge on any atom is -0.463 e. The number of hydrogen-bond donors (Lipinski definition) is 2. The molecule has 228 valence electrons. The molecule has 0 aliphatic carbocycles. The Morgan fingerprint density at radius 3 is 1.54 bits per heavy atom. The molecule has 7 nitrogen and oxygen atoms in total. The predicted octanol–water partition coefficient (Wildman–Crippen LogP) is 7.31. The van der Waals surface area contributed by atoms with E-state index in [0.717, 1.165) is 19.3 Å². The Labute approximate surface area is 238 Å². The molecule has 1 unspecified atom stereocenters. The van der Waals surface area contributed by atoms with E-state index < -0.39 is 18.1 Å². The number of esters is 2. The van der Waals surface area contributed by atoms with Crippen molar-refractivity contribution in [3.63, 3.8) is 0 Å². The zero-order valence-electron chi connectivity index (χ0n) is 25.0. The number of carbonyl (C=O) groups is 3. The van der Waals surface area contributed by atoms with E-state index in [0.29, 0.717) is 19.3 Å². The topological polar surface area (TPSA) is 102 Å². The van der Waals surface area contributed by atoms with Gasteiger partial charge in [-0.05, 0) is 12.8 Å². The van der Waals surface area contributed by atoms with E-state index >= 15 is 0 Å². The lowest BCUT2D eigenvalue weighted by molar-refractivity contribution is -0.154. The third-order valence-electron chi connectivity index (χ3n) is 7.62. The van der Waals surface area contributed by atoms with Gasteiger partial charge in [-0.2, -0.15) is 0 Å². The number of aliphatic hydroxyl groups is 1. The molecule has 2 N–H and O–H groups in total. The van der Waals surface area contributed by atoms with E-state index in [4.69, 9.17) is 9.47 Å². The summed E-state index contributed by atoms with van der Waals surface area (Å²) in [6, 6.07) is -0.642. The van der Waals surface area contributed by atoms with Crippen molar-refractivity contribution in [2.24, 2.45) is 0 Å². The zero-order chi connectivity index (χ0) is 28.4. The van der Waals surface area contributed by atoms with Crippen LogP contribution in [-0.2, 0) is 23.9 Å². The first-order valence-corrected chi connectivity index (χ1v) is 16.3. The van der Waals surface area contributed by atoms with Gasteiger partial charge in [-0.1, -0.05) is 135 Å². The maximum Gasteiger partial charge on any atom is 0.328 e. The van der Waals surface area contributed by atoms with Gasteiger partial charge in [0.2, 0.25) is 5.91 Å². The molecule has 0 bridgehead atoms. The van der Waals surface area contributed by atoms with Gasteiger partial charge in [0.1, 0.15) is 25.4 Å². The van der Waals surface area contributed by atoms with E-state index in [9.17, 15) is 19.5 Å². The highest BCUT2D eigenvalue weighted by atomic mass is 16.6. The van der Waals surface area contributed by atoms with Gasteiger partial charge in [-0.25, -0.2) is 4.79 Å². The van der Waals surface area contributed by atoms with E-state index in [1.807, 2.05) is 0 Å². The van der Waals surface area contributed by atoms with Crippen molar-refractivity contribution in [1.82, 2.24) is 5.32 Å². The molecular formula is C32H59NO6. The second kappa shape index (κ2) is 25.3. The molecule has 1 saturated heterocycles. The molecule has 0 radical (unpaired) electrons. The Morgan fingerprint density at radius 1 is 0.718 bits per heavy atom. The molecule has 2 atom stereocenters. The number of hydrogen-bond acceptors (Lipinski definition) is 6. The third-order valence-corrected chi connectivity index (χ3v) is 7.62. The second-order valence-electron chi connectivity index (χ2n) is 11.4. The summed E-state index contributed by atoms with van der Waals surface area (Å²) in [5.74, 6) is -1.07. The van der Waals surface area contributed by atoms with Crippen LogP contribution in [0.5, 0.6) is 0 Å². The molecular weight excluding hydrogens is 494 g/mol. The molecule has 1 rings (SSSR count). The van der Waals surface area contributed by atoms with Crippen LogP contribution in [0.2, 0.25) is 0 Å². The number of amides is 1. The smallest absolute Gasteiger partial charge is 0.328 e. The fourth-order valence-electron chi connectivity index (χ4n) is 5.08. The van der Waals surface area contributed by atoms with Crippen molar-refractivity contribution < 1.29 is 29.0 Å². The summed E-state index contributed by atoms with van der Waals surface area (Å²) in [5, 5.41) is 12.4. The second-order valence-corrected chi connectivity index (χ2v) is 11.4. The van der Waals surface area contributed by atoms with E-state index in [2.05, 4.69) is 12.2 Å². The van der Waals surface area contributed by atoms with Crippen LogP contribution in [0.25, 0.3) is 0 Å². The molecule has 1 aliphatic rings. The van der Waals surface area contributed by atoms with Crippen molar-refractivity contribution >= 4 is 17.8 Å². The molecule has 1 fully saturated rings. The van der Waals surface area contributed by atoms with Gasteiger partial charge in [0.15, 0.2) is 0 Å². The molecule has 0 saturated carbocycles. The molecule has 39 heavy (non-hydrogen) atoms. The standard InChI is InChI=1S/C32H59NO6/c1-2-3-4-5-6-7-8-9-10-11-12-13-14-15-16-17-18-19-20-21-22-23-31(36)38-26-28(34)27-39-32(37)29-24-25-30(35)33-29/h28-29,34H,2-27H2,1H3,(H,33,35)/t28?,29-/m1/s1. The monoisotopic (exact) mass is 553 g/mol. The number of unbranched alkanes of at least 4 members (excludes halogenated alkanes) is 20. The SMILES string of the molecule is CCCCCCCCCCCCCCCCCCCCCCCC(=O)OCC(O)COC(=O)[C@H]1CCC(=O)N1. The lowest BCUT2D eigenvalue weighted by Gasteiger charge is -2.14. The quantitative estimate of drug-likeness (QED) is 0.0816. The van der Waals surface area contributed by atoms with Gasteiger partial charge < -0.3 is 19.9 Å². The molecule has 7 heteroatoms. The molecule has 1 heterocycles. The van der Waals surface area contributed by atoms with Crippen LogP contribution >= 0.6 is 0 Å². The van der Waals surface area contributed by atoms with Gasteiger partial charge >= 0.3 is 11.9 Å². The Kier molecular flexibility index (Phi) is 23.0. The number of aliphatic hydroxyl groups excluding tert-OH is 1. The van der Waals surface area contributed by atoms with Gasteiger partial charge in [0.05, 0.1) is 0 Å².